The molecule has 26 aromatic rings. The van der Waals surface area contributed by atoms with Crippen molar-refractivity contribution in [3.63, 3.8) is 0 Å². The van der Waals surface area contributed by atoms with Gasteiger partial charge in [-0.3, -0.25) is 0 Å². The van der Waals surface area contributed by atoms with Gasteiger partial charge in [-0.1, -0.05) is 425 Å². The second-order valence-corrected chi connectivity index (χ2v) is 32.0. The molecule has 0 N–H and O–H groups in total. The molecule has 0 unspecified atom stereocenters. The van der Waals surface area contributed by atoms with Crippen molar-refractivity contribution in [2.45, 2.75) is 0 Å². The third kappa shape index (κ3) is 13.0. The highest BCUT2D eigenvalue weighted by Gasteiger charge is 2.20. The third-order valence-electron chi connectivity index (χ3n) is 24.9. The van der Waals surface area contributed by atoms with E-state index in [1.807, 2.05) is 0 Å². The quantitative estimate of drug-likeness (QED) is 0.156. The van der Waals surface area contributed by atoms with Crippen LogP contribution in [0.25, 0.3) is 240 Å². The molecule has 0 radical (unpaired) electrons. The smallest absolute Gasteiger partial charge is 0.0794 e. The van der Waals surface area contributed by atoms with Gasteiger partial charge in [0.2, 0.25) is 0 Å². The van der Waals surface area contributed by atoms with E-state index in [4.69, 9.17) is 19.9 Å². The van der Waals surface area contributed by atoms with Crippen molar-refractivity contribution in [1.82, 2.24) is 19.9 Å². The molecule has 0 saturated carbocycles. The summed E-state index contributed by atoms with van der Waals surface area (Å²) in [4.78, 5) is 20.5. The molecular formula is C120H76N4. The van der Waals surface area contributed by atoms with Gasteiger partial charge >= 0.3 is 0 Å². The fourth-order valence-corrected chi connectivity index (χ4v) is 19.1. The molecule has 0 aliphatic carbocycles. The molecule has 0 amide bonds. The van der Waals surface area contributed by atoms with Crippen LogP contribution in [0.1, 0.15) is 0 Å². The minimum absolute atomic E-state index is 1.02. The number of nitrogens with zero attached hydrogens (tertiary/aromatic N) is 4. The molecule has 0 atom stereocenters. The molecule has 0 aliphatic rings. The van der Waals surface area contributed by atoms with E-state index in [0.29, 0.717) is 0 Å². The highest BCUT2D eigenvalue weighted by atomic mass is 14.7. The molecule has 0 fully saturated rings. The van der Waals surface area contributed by atoms with Gasteiger partial charge in [0.1, 0.15) is 0 Å². The molecule has 124 heavy (non-hydrogen) atoms. The molecule has 0 aliphatic heterocycles. The second-order valence-electron chi connectivity index (χ2n) is 32.0. The monoisotopic (exact) mass is 1570 g/mol. The van der Waals surface area contributed by atoms with E-state index < -0.39 is 0 Å². The molecule has 0 bridgehead atoms. The summed E-state index contributed by atoms with van der Waals surface area (Å²) in [6, 6.07) is 164. The van der Waals surface area contributed by atoms with Crippen LogP contribution in [0.4, 0.5) is 0 Å². The molecule has 4 nitrogen and oxygen atoms in total. The summed E-state index contributed by atoms with van der Waals surface area (Å²) in [6.45, 7) is 0. The molecule has 576 valence electrons. The van der Waals surface area contributed by atoms with E-state index in [-0.39, 0.29) is 0 Å². The summed E-state index contributed by atoms with van der Waals surface area (Å²) >= 11 is 0. The second kappa shape index (κ2) is 31.1. The fraction of sp³-hybridized carbons (Fsp3) is 0. The van der Waals surface area contributed by atoms with Gasteiger partial charge in [0, 0.05) is 86.9 Å². The van der Waals surface area contributed by atoms with Crippen molar-refractivity contribution < 1.29 is 0 Å². The van der Waals surface area contributed by atoms with Crippen molar-refractivity contribution in [2.75, 3.05) is 0 Å². The van der Waals surface area contributed by atoms with Crippen LogP contribution in [-0.4, -0.2) is 19.9 Å². The zero-order valence-corrected chi connectivity index (χ0v) is 67.7. The van der Waals surface area contributed by atoms with Crippen LogP contribution < -0.4 is 0 Å². The van der Waals surface area contributed by atoms with Crippen LogP contribution in [0.2, 0.25) is 0 Å². The number of fused-ring (bicyclic) bond motifs is 24. The lowest BCUT2D eigenvalue weighted by atomic mass is 9.93. The van der Waals surface area contributed by atoms with Crippen LogP contribution >= 0.6 is 0 Å². The Morgan fingerprint density at radius 2 is 0.355 bits per heavy atom. The van der Waals surface area contributed by atoms with E-state index in [2.05, 4.69) is 461 Å². The van der Waals surface area contributed by atoms with Crippen molar-refractivity contribution in [3.05, 3.63) is 461 Å². The minimum Gasteiger partial charge on any atom is -0.247 e. The molecule has 0 saturated heterocycles. The van der Waals surface area contributed by atoms with Gasteiger partial charge in [0.15, 0.2) is 0 Å². The van der Waals surface area contributed by atoms with Crippen molar-refractivity contribution in [1.29, 1.82) is 0 Å². The van der Waals surface area contributed by atoms with Crippen molar-refractivity contribution in [3.8, 4) is 67.3 Å². The Bertz CT molecular complexity index is 8690. The zero-order valence-electron chi connectivity index (χ0n) is 67.7. The average molecular weight is 1570 g/mol. The molecule has 22 aromatic carbocycles. The molecule has 4 heterocycles. The molecule has 4 heteroatoms. The molecular weight excluding hydrogens is 1500 g/mol. The largest absolute Gasteiger partial charge is 0.247 e. The van der Waals surface area contributed by atoms with Crippen LogP contribution in [0, 0.1) is 0 Å². The van der Waals surface area contributed by atoms with E-state index in [1.54, 1.807) is 0 Å². The van der Waals surface area contributed by atoms with Gasteiger partial charge in [-0.25, -0.2) is 19.9 Å². The van der Waals surface area contributed by atoms with Crippen molar-refractivity contribution in [2.24, 2.45) is 0 Å². The van der Waals surface area contributed by atoms with Crippen molar-refractivity contribution >= 4 is 173 Å². The van der Waals surface area contributed by atoms with Gasteiger partial charge in [-0.05, 0) is 145 Å². The standard InChI is InChI=1S/2C33H21N.2C27H17N/c1-3-14-26-22(9-1)11-8-17-27(26)24-12-7-13-25(21-24)33-30-20-19-23-10-2-4-15-28(23)32(30)29-16-5-6-18-31(29)34-33;1-3-11-26-22(8-1)10-7-14-27(26)24-16-18-25(19-17-24)33-30-21-20-23-9-2-4-12-28(23)32(30)29-13-5-6-15-31(29)34-33;1-3-11-20-18(8-1)10-7-14-22(20)27-24-17-16-19-9-2-4-12-21(19)26(24)23-13-5-6-15-25(23)28-27;1-2-9-20-17-21(14-13-18(20)7-1)27-24-16-15-19-8-3-4-10-22(19)26(24)23-11-5-6-12-25(23)28-27/h2*1-21H;2*1-17H. The Morgan fingerprint density at radius 1 is 0.113 bits per heavy atom. The topological polar surface area (TPSA) is 51.6 Å². The summed E-state index contributed by atoms with van der Waals surface area (Å²) in [5, 5.41) is 34.9. The summed E-state index contributed by atoms with van der Waals surface area (Å²) < 4.78 is 0. The Kier molecular flexibility index (Phi) is 18.2. The predicted molar refractivity (Wildman–Crippen MR) is 530 cm³/mol. The normalized spacial score (nSPS) is 11.5. The summed E-state index contributed by atoms with van der Waals surface area (Å²) in [7, 11) is 0. The SMILES string of the molecule is c1cc(-c2cccc3ccccc23)cc(-c2nc3ccccc3c3c2ccc2ccccc23)c1.c1ccc2c(-c3ccc(-c4nc5ccccc5c5c4ccc4ccccc45)cc3)cccc2c1.c1ccc2c(-c3nc4ccccc4c4c3ccc3ccccc34)cccc2c1.c1ccc2cc(-c3nc4ccccc4c4c3ccc3ccccc34)ccc2c1. The first kappa shape index (κ1) is 72.8. The predicted octanol–water partition coefficient (Wildman–Crippen LogP) is 32.8. The number of aromatic nitrogens is 4. The molecule has 4 aromatic heterocycles. The first-order chi connectivity index (χ1) is 61.5. The Hall–Kier alpha value is -16.4. The Morgan fingerprint density at radius 3 is 0.758 bits per heavy atom. The number of hydrogen-bond acceptors (Lipinski definition) is 4. The Balaban J connectivity index is 0.0000000959. The van der Waals surface area contributed by atoms with E-state index >= 15 is 0 Å². The number of rotatable bonds is 6. The van der Waals surface area contributed by atoms with Gasteiger partial charge in [0.05, 0.1) is 44.8 Å². The highest BCUT2D eigenvalue weighted by molar-refractivity contribution is 6.27. The van der Waals surface area contributed by atoms with Crippen LogP contribution in [0.15, 0.2) is 461 Å². The van der Waals surface area contributed by atoms with E-state index in [9.17, 15) is 0 Å². The average Bonchev–Trinajstić information content (AvgIpc) is 0.752. The highest BCUT2D eigenvalue weighted by Crippen LogP contribution is 2.45. The lowest BCUT2D eigenvalue weighted by Gasteiger charge is -2.14. The summed E-state index contributed by atoms with van der Waals surface area (Å²) in [5.74, 6) is 0. The zero-order chi connectivity index (χ0) is 82.0. The Labute approximate surface area is 716 Å². The van der Waals surface area contributed by atoms with Crippen LogP contribution in [0.5, 0.6) is 0 Å². The lowest BCUT2D eigenvalue weighted by Crippen LogP contribution is -1.91. The first-order valence-corrected chi connectivity index (χ1v) is 42.5. The van der Waals surface area contributed by atoms with Gasteiger partial charge in [0.25, 0.3) is 0 Å². The maximum Gasteiger partial charge on any atom is 0.0794 e. The van der Waals surface area contributed by atoms with Crippen LogP contribution in [-0.2, 0) is 0 Å². The number of para-hydroxylation sites is 4. The minimum atomic E-state index is 1.02. The number of pyridine rings is 4. The summed E-state index contributed by atoms with van der Waals surface area (Å²) in [5.41, 5.74) is 17.8. The molecule has 0 spiro atoms. The molecule has 26 rings (SSSR count). The van der Waals surface area contributed by atoms with Gasteiger partial charge in [-0.2, -0.15) is 0 Å². The van der Waals surface area contributed by atoms with Gasteiger partial charge < -0.3 is 0 Å². The first-order valence-electron chi connectivity index (χ1n) is 42.5. The van der Waals surface area contributed by atoms with Crippen LogP contribution in [0.3, 0.4) is 0 Å². The maximum atomic E-state index is 5.18. The number of hydrogen-bond donors (Lipinski definition) is 0. The maximum absolute atomic E-state index is 5.18. The third-order valence-corrected chi connectivity index (χ3v) is 24.9. The van der Waals surface area contributed by atoms with Gasteiger partial charge in [-0.15, -0.1) is 0 Å². The fourth-order valence-electron chi connectivity index (χ4n) is 19.1. The number of benzene rings is 22. The van der Waals surface area contributed by atoms with E-state index in [1.165, 1.54) is 179 Å². The lowest BCUT2D eigenvalue weighted by molar-refractivity contribution is 1.43. The van der Waals surface area contributed by atoms with E-state index in [0.717, 1.165) is 61.5 Å². The summed E-state index contributed by atoms with van der Waals surface area (Å²) in [6.07, 6.45) is 0.